The number of rotatable bonds is 5. The van der Waals surface area contributed by atoms with Crippen molar-refractivity contribution in [3.05, 3.63) is 78.4 Å². The minimum Gasteiger partial charge on any atom is -0.497 e. The molecular formula is C22H18N2O5S. The number of benzene rings is 3. The topological polar surface area (TPSA) is 92.8 Å². The summed E-state index contributed by atoms with van der Waals surface area (Å²) >= 11 is 0. The fourth-order valence-corrected chi connectivity index (χ4v) is 4.79. The molecule has 0 saturated heterocycles. The van der Waals surface area contributed by atoms with Crippen LogP contribution in [0.2, 0.25) is 0 Å². The first kappa shape index (κ1) is 19.7. The molecule has 1 aliphatic heterocycles. The van der Waals surface area contributed by atoms with E-state index < -0.39 is 28.4 Å². The fraction of sp³-hybridized carbons (Fsp3) is 0.0909. The monoisotopic (exact) mass is 422 g/mol. The number of sulfonamides is 1. The number of nitrogens with one attached hydrogen (secondary N) is 1. The van der Waals surface area contributed by atoms with Crippen molar-refractivity contribution < 1.29 is 22.7 Å². The van der Waals surface area contributed by atoms with Crippen LogP contribution in [0.3, 0.4) is 0 Å². The molecule has 2 amide bonds. The Morgan fingerprint density at radius 1 is 0.967 bits per heavy atom. The summed E-state index contributed by atoms with van der Waals surface area (Å²) in [6, 6.07) is 20.6. The van der Waals surface area contributed by atoms with Gasteiger partial charge in [-0.2, -0.15) is 0 Å². The van der Waals surface area contributed by atoms with Crippen LogP contribution in [0.1, 0.15) is 10.4 Å². The summed E-state index contributed by atoms with van der Waals surface area (Å²) in [7, 11) is -2.42. The molecule has 0 radical (unpaired) electrons. The maximum atomic E-state index is 12.6. The van der Waals surface area contributed by atoms with Gasteiger partial charge in [0.05, 0.1) is 12.7 Å². The fourth-order valence-electron chi connectivity index (χ4n) is 3.27. The van der Waals surface area contributed by atoms with Crippen LogP contribution in [0.5, 0.6) is 5.75 Å². The number of methoxy groups -OCH3 is 1. The SMILES string of the molecule is COc1cccc(-c2ccc(NC(=O)CN3C(=O)c4ccccc4S3(=O)=O)cc2)c1. The van der Waals surface area contributed by atoms with Gasteiger partial charge in [0, 0.05) is 5.69 Å². The summed E-state index contributed by atoms with van der Waals surface area (Å²) in [5, 5.41) is 2.63. The predicted molar refractivity (Wildman–Crippen MR) is 112 cm³/mol. The van der Waals surface area contributed by atoms with Crippen molar-refractivity contribution in [1.29, 1.82) is 0 Å². The maximum absolute atomic E-state index is 12.6. The minimum absolute atomic E-state index is 0.0768. The van der Waals surface area contributed by atoms with Crippen LogP contribution in [0, 0.1) is 0 Å². The van der Waals surface area contributed by atoms with Gasteiger partial charge in [0.2, 0.25) is 5.91 Å². The molecule has 0 aromatic heterocycles. The molecule has 0 unspecified atom stereocenters. The van der Waals surface area contributed by atoms with Gasteiger partial charge in [-0.15, -0.1) is 0 Å². The largest absolute Gasteiger partial charge is 0.497 e. The lowest BCUT2D eigenvalue weighted by Crippen LogP contribution is -2.37. The van der Waals surface area contributed by atoms with Gasteiger partial charge in [0.1, 0.15) is 17.2 Å². The molecule has 3 aromatic carbocycles. The molecular weight excluding hydrogens is 404 g/mol. The van der Waals surface area contributed by atoms with Gasteiger partial charge < -0.3 is 10.1 Å². The van der Waals surface area contributed by atoms with Crippen molar-refractivity contribution >= 4 is 27.5 Å². The van der Waals surface area contributed by atoms with Crippen molar-refractivity contribution in [3.63, 3.8) is 0 Å². The number of hydrogen-bond donors (Lipinski definition) is 1. The predicted octanol–water partition coefficient (Wildman–Crippen LogP) is 3.15. The van der Waals surface area contributed by atoms with E-state index >= 15 is 0 Å². The summed E-state index contributed by atoms with van der Waals surface area (Å²) < 4.78 is 30.9. The zero-order chi connectivity index (χ0) is 21.3. The molecule has 7 nitrogen and oxygen atoms in total. The van der Waals surface area contributed by atoms with E-state index in [0.29, 0.717) is 9.99 Å². The average Bonchev–Trinajstić information content (AvgIpc) is 2.95. The molecule has 1 aliphatic rings. The van der Waals surface area contributed by atoms with Crippen molar-refractivity contribution in [3.8, 4) is 16.9 Å². The van der Waals surface area contributed by atoms with Crippen molar-refractivity contribution in [2.75, 3.05) is 19.0 Å². The van der Waals surface area contributed by atoms with E-state index in [0.717, 1.165) is 16.9 Å². The van der Waals surface area contributed by atoms with Gasteiger partial charge in [0.15, 0.2) is 0 Å². The lowest BCUT2D eigenvalue weighted by molar-refractivity contribution is -0.116. The molecule has 0 atom stereocenters. The number of anilines is 1. The Kier molecular flexibility index (Phi) is 5.01. The molecule has 0 spiro atoms. The Morgan fingerprint density at radius 2 is 1.70 bits per heavy atom. The summed E-state index contributed by atoms with van der Waals surface area (Å²) in [6.07, 6.45) is 0. The third-order valence-electron chi connectivity index (χ3n) is 4.77. The minimum atomic E-state index is -4.02. The van der Waals surface area contributed by atoms with Gasteiger partial charge in [-0.05, 0) is 47.5 Å². The normalized spacial score (nSPS) is 14.3. The summed E-state index contributed by atoms with van der Waals surface area (Å²) in [5.41, 5.74) is 2.46. The molecule has 4 rings (SSSR count). The lowest BCUT2D eigenvalue weighted by Gasteiger charge is -2.15. The second-order valence-corrected chi connectivity index (χ2v) is 8.50. The Hall–Kier alpha value is -3.65. The van der Waals surface area contributed by atoms with Crippen molar-refractivity contribution in [2.45, 2.75) is 4.90 Å². The highest BCUT2D eigenvalue weighted by atomic mass is 32.2. The number of carbonyl (C=O) groups excluding carboxylic acids is 2. The summed E-state index contributed by atoms with van der Waals surface area (Å²) in [4.78, 5) is 24.7. The van der Waals surface area contributed by atoms with Crippen LogP contribution in [0.4, 0.5) is 5.69 Å². The van der Waals surface area contributed by atoms with Gasteiger partial charge in [0.25, 0.3) is 15.9 Å². The molecule has 152 valence electrons. The Bertz CT molecular complexity index is 1240. The van der Waals surface area contributed by atoms with E-state index in [1.165, 1.54) is 18.2 Å². The number of amides is 2. The van der Waals surface area contributed by atoms with E-state index in [1.54, 1.807) is 25.3 Å². The standard InChI is InChI=1S/C22H18N2O5S/c1-29-18-6-4-5-16(13-18)15-9-11-17(12-10-15)23-21(25)14-24-22(26)19-7-2-3-8-20(19)30(24,27)28/h2-13H,14H2,1H3,(H,23,25). The van der Waals surface area contributed by atoms with Crippen LogP contribution in [-0.2, 0) is 14.8 Å². The van der Waals surface area contributed by atoms with Crippen LogP contribution in [0.25, 0.3) is 11.1 Å². The average molecular weight is 422 g/mol. The Morgan fingerprint density at radius 3 is 2.40 bits per heavy atom. The lowest BCUT2D eigenvalue weighted by atomic mass is 10.1. The van der Waals surface area contributed by atoms with Crippen molar-refractivity contribution in [1.82, 2.24) is 4.31 Å². The third kappa shape index (κ3) is 3.53. The second kappa shape index (κ2) is 7.64. The molecule has 1 heterocycles. The van der Waals surface area contributed by atoms with Crippen LogP contribution < -0.4 is 10.1 Å². The molecule has 3 aromatic rings. The number of ether oxygens (including phenoxy) is 1. The zero-order valence-electron chi connectivity index (χ0n) is 16.0. The van der Waals surface area contributed by atoms with E-state index in [4.69, 9.17) is 4.74 Å². The van der Waals surface area contributed by atoms with Gasteiger partial charge in [-0.25, -0.2) is 12.7 Å². The molecule has 0 saturated carbocycles. The quantitative estimate of drug-likeness (QED) is 0.682. The molecule has 8 heteroatoms. The highest BCUT2D eigenvalue weighted by Gasteiger charge is 2.41. The van der Waals surface area contributed by atoms with E-state index in [1.807, 2.05) is 36.4 Å². The van der Waals surface area contributed by atoms with E-state index in [9.17, 15) is 18.0 Å². The first-order valence-electron chi connectivity index (χ1n) is 9.10. The highest BCUT2D eigenvalue weighted by Crippen LogP contribution is 2.30. The Labute approximate surface area is 174 Å². The number of hydrogen-bond acceptors (Lipinski definition) is 5. The first-order chi connectivity index (χ1) is 14.4. The molecule has 1 N–H and O–H groups in total. The van der Waals surface area contributed by atoms with Gasteiger partial charge in [-0.1, -0.05) is 36.4 Å². The van der Waals surface area contributed by atoms with Gasteiger partial charge >= 0.3 is 0 Å². The molecule has 0 bridgehead atoms. The first-order valence-corrected chi connectivity index (χ1v) is 10.5. The Balaban J connectivity index is 1.47. The highest BCUT2D eigenvalue weighted by molar-refractivity contribution is 7.90. The van der Waals surface area contributed by atoms with Gasteiger partial charge in [-0.3, -0.25) is 9.59 Å². The molecule has 0 aliphatic carbocycles. The molecule has 30 heavy (non-hydrogen) atoms. The maximum Gasteiger partial charge on any atom is 0.269 e. The third-order valence-corrected chi connectivity index (χ3v) is 6.56. The van der Waals surface area contributed by atoms with E-state index in [-0.39, 0.29) is 10.5 Å². The van der Waals surface area contributed by atoms with Crippen LogP contribution in [0.15, 0.2) is 77.7 Å². The van der Waals surface area contributed by atoms with Crippen molar-refractivity contribution in [2.24, 2.45) is 0 Å². The zero-order valence-corrected chi connectivity index (χ0v) is 16.8. The summed E-state index contributed by atoms with van der Waals surface area (Å²) in [6.45, 7) is -0.590. The summed E-state index contributed by atoms with van der Waals surface area (Å²) in [5.74, 6) is -0.564. The smallest absolute Gasteiger partial charge is 0.269 e. The number of fused-ring (bicyclic) bond motifs is 1. The van der Waals surface area contributed by atoms with E-state index in [2.05, 4.69) is 5.32 Å². The molecule has 0 fully saturated rings. The van der Waals surface area contributed by atoms with Crippen LogP contribution in [-0.4, -0.2) is 38.2 Å². The second-order valence-electron chi connectivity index (χ2n) is 6.67. The number of carbonyl (C=O) groups is 2. The van der Waals surface area contributed by atoms with Crippen LogP contribution >= 0.6 is 0 Å². The number of nitrogens with zero attached hydrogens (tertiary/aromatic N) is 1.